The molecule has 0 spiro atoms. The summed E-state index contributed by atoms with van der Waals surface area (Å²) in [6.07, 6.45) is 0.478. The number of carbonyl (C=O) groups is 1. The predicted molar refractivity (Wildman–Crippen MR) is 42.5 cm³/mol. The maximum atomic E-state index is 10.5. The van der Waals surface area contributed by atoms with E-state index in [1.54, 1.807) is 19.9 Å². The molecule has 0 saturated heterocycles. The van der Waals surface area contributed by atoms with Gasteiger partial charge in [-0.3, -0.25) is 4.79 Å². The topological polar surface area (TPSA) is 59.3 Å². The van der Waals surface area contributed by atoms with E-state index in [2.05, 4.69) is 0 Å². The Kier molecular flexibility index (Phi) is 5.26. The van der Waals surface area contributed by atoms with Crippen LogP contribution in [-0.4, -0.2) is 31.7 Å². The Bertz CT molecular complexity index is 176. The summed E-state index contributed by atoms with van der Waals surface area (Å²) in [5.41, 5.74) is -1.41. The maximum Gasteiger partial charge on any atom is 0.232 e. The fourth-order valence-corrected chi connectivity index (χ4v) is 0.712. The molecule has 0 bridgehead atoms. The van der Waals surface area contributed by atoms with Gasteiger partial charge in [-0.25, -0.2) is 0 Å². The number of carbonyl (C=O) groups excluding carboxylic acids is 1. The highest BCUT2D eigenvalue weighted by Crippen LogP contribution is 2.06. The Morgan fingerprint density at radius 2 is 2.17 bits per heavy atom. The predicted octanol–water partition coefficient (Wildman–Crippen LogP) is 0.521. The number of nitriles is 1. The van der Waals surface area contributed by atoms with E-state index >= 15 is 0 Å². The van der Waals surface area contributed by atoms with Gasteiger partial charge < -0.3 is 9.47 Å². The van der Waals surface area contributed by atoms with Crippen molar-refractivity contribution in [3.8, 4) is 6.07 Å². The quantitative estimate of drug-likeness (QED) is 0.547. The second-order valence-electron chi connectivity index (χ2n) is 2.19. The van der Waals surface area contributed by atoms with Crippen LogP contribution in [0.15, 0.2) is 0 Å². The number of rotatable bonds is 6. The average Bonchev–Trinajstić information content (AvgIpc) is 2.13. The molecule has 0 saturated carbocycles. The third-order valence-corrected chi connectivity index (χ3v) is 1.30. The maximum absolute atomic E-state index is 10.5. The summed E-state index contributed by atoms with van der Waals surface area (Å²) in [5, 5.41) is 8.65. The van der Waals surface area contributed by atoms with E-state index in [0.29, 0.717) is 19.5 Å². The lowest BCUT2D eigenvalue weighted by Crippen LogP contribution is -2.38. The summed E-state index contributed by atoms with van der Waals surface area (Å²) in [4.78, 5) is 10.5. The second-order valence-corrected chi connectivity index (χ2v) is 2.19. The van der Waals surface area contributed by atoms with Crippen molar-refractivity contribution in [3.63, 3.8) is 0 Å². The number of nitrogens with zero attached hydrogens (tertiary/aromatic N) is 1. The normalized spacial score (nSPS) is 14.8. The Balaban J connectivity index is 4.17. The molecule has 0 rings (SSSR count). The lowest BCUT2D eigenvalue weighted by molar-refractivity contribution is -0.130. The van der Waals surface area contributed by atoms with Crippen LogP contribution >= 0.6 is 0 Å². The first-order valence-corrected chi connectivity index (χ1v) is 3.84. The van der Waals surface area contributed by atoms with Crippen LogP contribution in [0.1, 0.15) is 13.8 Å². The summed E-state index contributed by atoms with van der Waals surface area (Å²) in [7, 11) is 0. The zero-order chi connectivity index (χ0) is 9.45. The lowest BCUT2D eigenvalue weighted by atomic mass is 10.1. The summed E-state index contributed by atoms with van der Waals surface area (Å²) in [6, 6.07) is 1.79. The number of aldehydes is 1. The zero-order valence-corrected chi connectivity index (χ0v) is 7.37. The molecule has 0 aromatic heterocycles. The molecule has 1 unspecified atom stereocenters. The van der Waals surface area contributed by atoms with Crippen molar-refractivity contribution in [3.05, 3.63) is 0 Å². The van der Waals surface area contributed by atoms with E-state index in [0.717, 1.165) is 0 Å². The molecule has 0 aliphatic rings. The van der Waals surface area contributed by atoms with E-state index in [1.165, 1.54) is 0 Å². The van der Waals surface area contributed by atoms with E-state index in [9.17, 15) is 4.79 Å². The van der Waals surface area contributed by atoms with E-state index in [4.69, 9.17) is 14.7 Å². The zero-order valence-electron chi connectivity index (χ0n) is 7.37. The smallest absolute Gasteiger partial charge is 0.232 e. The average molecular weight is 171 g/mol. The SMILES string of the molecule is CCOCC(C#N)(C=O)OCC. The van der Waals surface area contributed by atoms with Crippen LogP contribution in [0.2, 0.25) is 0 Å². The largest absolute Gasteiger partial charge is 0.377 e. The fraction of sp³-hybridized carbons (Fsp3) is 0.750. The molecule has 0 aliphatic heterocycles. The van der Waals surface area contributed by atoms with Crippen molar-refractivity contribution in [2.75, 3.05) is 19.8 Å². The van der Waals surface area contributed by atoms with Gasteiger partial charge in [-0.2, -0.15) is 5.26 Å². The van der Waals surface area contributed by atoms with Gasteiger partial charge in [0.15, 0.2) is 6.29 Å². The molecule has 0 radical (unpaired) electrons. The monoisotopic (exact) mass is 171 g/mol. The van der Waals surface area contributed by atoms with Crippen molar-refractivity contribution >= 4 is 6.29 Å². The van der Waals surface area contributed by atoms with Crippen molar-refractivity contribution in [2.24, 2.45) is 0 Å². The van der Waals surface area contributed by atoms with Crippen LogP contribution in [0.3, 0.4) is 0 Å². The summed E-state index contributed by atoms with van der Waals surface area (Å²) >= 11 is 0. The molecule has 0 heterocycles. The lowest BCUT2D eigenvalue weighted by Gasteiger charge is -2.18. The third kappa shape index (κ3) is 2.99. The van der Waals surface area contributed by atoms with Crippen molar-refractivity contribution in [1.29, 1.82) is 5.26 Å². The molecule has 4 heteroatoms. The number of hydrogen-bond acceptors (Lipinski definition) is 4. The van der Waals surface area contributed by atoms with Crippen LogP contribution in [0, 0.1) is 11.3 Å². The highest BCUT2D eigenvalue weighted by atomic mass is 16.5. The highest BCUT2D eigenvalue weighted by Gasteiger charge is 2.30. The molecule has 0 aromatic rings. The number of ether oxygens (including phenoxy) is 2. The molecular weight excluding hydrogens is 158 g/mol. The first-order chi connectivity index (χ1) is 5.74. The summed E-state index contributed by atoms with van der Waals surface area (Å²) in [6.45, 7) is 4.29. The van der Waals surface area contributed by atoms with Gasteiger partial charge in [-0.1, -0.05) is 0 Å². The third-order valence-electron chi connectivity index (χ3n) is 1.30. The Morgan fingerprint density at radius 3 is 2.50 bits per heavy atom. The van der Waals surface area contributed by atoms with Crippen molar-refractivity contribution in [2.45, 2.75) is 19.4 Å². The summed E-state index contributed by atoms with van der Waals surface area (Å²) < 4.78 is 9.93. The first kappa shape index (κ1) is 11.1. The second kappa shape index (κ2) is 5.70. The highest BCUT2D eigenvalue weighted by molar-refractivity contribution is 5.67. The Labute approximate surface area is 72.1 Å². The van der Waals surface area contributed by atoms with Crippen molar-refractivity contribution < 1.29 is 14.3 Å². The molecule has 0 N–H and O–H groups in total. The number of hydrogen-bond donors (Lipinski definition) is 0. The molecule has 0 amide bonds. The molecule has 12 heavy (non-hydrogen) atoms. The van der Waals surface area contributed by atoms with Gasteiger partial charge in [0.1, 0.15) is 6.07 Å². The Morgan fingerprint density at radius 1 is 1.50 bits per heavy atom. The minimum atomic E-state index is -1.41. The van der Waals surface area contributed by atoms with Crippen LogP contribution in [0.4, 0.5) is 0 Å². The summed E-state index contributed by atoms with van der Waals surface area (Å²) in [5.74, 6) is 0. The van der Waals surface area contributed by atoms with Gasteiger partial charge >= 0.3 is 0 Å². The molecule has 0 aliphatic carbocycles. The van der Waals surface area contributed by atoms with Gasteiger partial charge in [0.2, 0.25) is 5.60 Å². The molecule has 68 valence electrons. The van der Waals surface area contributed by atoms with Crippen LogP contribution < -0.4 is 0 Å². The Hall–Kier alpha value is -0.920. The molecule has 0 aromatic carbocycles. The van der Waals surface area contributed by atoms with E-state index in [1.807, 2.05) is 0 Å². The van der Waals surface area contributed by atoms with E-state index in [-0.39, 0.29) is 6.61 Å². The minimum Gasteiger partial charge on any atom is -0.377 e. The molecular formula is C8H13NO3. The van der Waals surface area contributed by atoms with Gasteiger partial charge in [-0.05, 0) is 13.8 Å². The minimum absolute atomic E-state index is 0.00264. The first-order valence-electron chi connectivity index (χ1n) is 3.84. The fourth-order valence-electron chi connectivity index (χ4n) is 0.712. The molecule has 4 nitrogen and oxygen atoms in total. The standard InChI is InChI=1S/C8H13NO3/c1-3-11-7-8(5-9,6-10)12-4-2/h6H,3-4,7H2,1-2H3. The van der Waals surface area contributed by atoms with Crippen molar-refractivity contribution in [1.82, 2.24) is 0 Å². The van der Waals surface area contributed by atoms with Gasteiger partial charge in [0.05, 0.1) is 6.61 Å². The van der Waals surface area contributed by atoms with Crippen LogP contribution in [0.25, 0.3) is 0 Å². The molecule has 0 fully saturated rings. The van der Waals surface area contributed by atoms with Gasteiger partial charge in [0.25, 0.3) is 0 Å². The van der Waals surface area contributed by atoms with Crippen LogP contribution in [-0.2, 0) is 14.3 Å². The van der Waals surface area contributed by atoms with Gasteiger partial charge in [0, 0.05) is 13.2 Å². The van der Waals surface area contributed by atoms with Gasteiger partial charge in [-0.15, -0.1) is 0 Å². The van der Waals surface area contributed by atoms with E-state index < -0.39 is 5.60 Å². The molecule has 1 atom stereocenters. The van der Waals surface area contributed by atoms with Crippen LogP contribution in [0.5, 0.6) is 0 Å².